The van der Waals surface area contributed by atoms with Gasteiger partial charge in [-0.05, 0) is 48.6 Å². The molecule has 116 valence electrons. The molecule has 2 aromatic rings. The Morgan fingerprint density at radius 1 is 1.41 bits per heavy atom. The van der Waals surface area contributed by atoms with E-state index in [1.165, 1.54) is 17.1 Å². The van der Waals surface area contributed by atoms with Crippen molar-refractivity contribution >= 4 is 17.4 Å². The molecular formula is C16H20N4OS. The van der Waals surface area contributed by atoms with Crippen LogP contribution in [0.2, 0.25) is 0 Å². The number of amides is 1. The molecule has 3 heterocycles. The van der Waals surface area contributed by atoms with E-state index in [-0.39, 0.29) is 11.8 Å². The first-order chi connectivity index (χ1) is 10.8. The zero-order valence-electron chi connectivity index (χ0n) is 12.4. The molecule has 1 unspecified atom stereocenters. The summed E-state index contributed by atoms with van der Waals surface area (Å²) in [5, 5.41) is 3.03. The smallest absolute Gasteiger partial charge is 0.224 e. The van der Waals surface area contributed by atoms with E-state index in [0.29, 0.717) is 6.54 Å². The molecule has 0 bridgehead atoms. The Hall–Kier alpha value is -1.79. The fourth-order valence-corrected chi connectivity index (χ4v) is 3.33. The monoisotopic (exact) mass is 316 g/mol. The molecule has 5 nitrogen and oxygen atoms in total. The molecule has 0 saturated carbocycles. The van der Waals surface area contributed by atoms with Gasteiger partial charge in [0, 0.05) is 36.6 Å². The first-order valence-corrected chi connectivity index (χ1v) is 8.37. The van der Waals surface area contributed by atoms with Gasteiger partial charge in [0.25, 0.3) is 0 Å². The van der Waals surface area contributed by atoms with Gasteiger partial charge in [0.1, 0.15) is 0 Å². The number of nitrogens with zero attached hydrogens (tertiary/aromatic N) is 3. The van der Waals surface area contributed by atoms with Gasteiger partial charge >= 0.3 is 0 Å². The van der Waals surface area contributed by atoms with E-state index in [1.807, 2.05) is 18.3 Å². The molecular weight excluding hydrogens is 296 g/mol. The highest BCUT2D eigenvalue weighted by Crippen LogP contribution is 2.19. The maximum Gasteiger partial charge on any atom is 0.224 e. The summed E-state index contributed by atoms with van der Waals surface area (Å²) in [6, 6.07) is 5.99. The third-order valence-electron chi connectivity index (χ3n) is 3.93. The van der Waals surface area contributed by atoms with Gasteiger partial charge in [-0.3, -0.25) is 14.7 Å². The van der Waals surface area contributed by atoms with Crippen molar-refractivity contribution in [3.8, 4) is 0 Å². The van der Waals surface area contributed by atoms with Gasteiger partial charge in [0.05, 0.1) is 12.5 Å². The van der Waals surface area contributed by atoms with Crippen LogP contribution in [0.25, 0.3) is 0 Å². The van der Waals surface area contributed by atoms with Crippen LogP contribution in [0.5, 0.6) is 0 Å². The number of hydrogen-bond donors (Lipinski definition) is 1. The molecule has 0 radical (unpaired) electrons. The van der Waals surface area contributed by atoms with Crippen molar-refractivity contribution in [1.29, 1.82) is 0 Å². The lowest BCUT2D eigenvalue weighted by molar-refractivity contribution is -0.126. The minimum atomic E-state index is 0.0818. The minimum absolute atomic E-state index is 0.0818. The Labute approximate surface area is 134 Å². The van der Waals surface area contributed by atoms with Gasteiger partial charge in [-0.25, -0.2) is 4.37 Å². The number of nitrogens with one attached hydrogen (secondary N) is 1. The highest BCUT2D eigenvalue weighted by Gasteiger charge is 2.25. The van der Waals surface area contributed by atoms with Crippen LogP contribution in [0.1, 0.15) is 23.3 Å². The Morgan fingerprint density at radius 2 is 2.36 bits per heavy atom. The van der Waals surface area contributed by atoms with Crippen LogP contribution >= 0.6 is 11.5 Å². The highest BCUT2D eigenvalue weighted by atomic mass is 32.1. The standard InChI is InChI=1S/C16H20N4OS/c21-16(18-10-15-5-7-19-22-15)14-4-2-8-20(12-14)11-13-3-1-6-17-9-13/h1,3,5-7,9,14H,2,4,8,10-12H2,(H,18,21). The fourth-order valence-electron chi connectivity index (χ4n) is 2.81. The van der Waals surface area contributed by atoms with Gasteiger partial charge in [0.15, 0.2) is 0 Å². The number of aromatic nitrogens is 2. The summed E-state index contributed by atoms with van der Waals surface area (Å²) < 4.78 is 4.05. The second kappa shape index (κ2) is 7.47. The van der Waals surface area contributed by atoms with E-state index < -0.39 is 0 Å². The summed E-state index contributed by atoms with van der Waals surface area (Å²) >= 11 is 1.43. The van der Waals surface area contributed by atoms with Gasteiger partial charge in [-0.15, -0.1) is 0 Å². The molecule has 1 saturated heterocycles. The molecule has 0 aromatic carbocycles. The van der Waals surface area contributed by atoms with Crippen molar-refractivity contribution in [2.24, 2.45) is 5.92 Å². The zero-order valence-corrected chi connectivity index (χ0v) is 13.3. The maximum atomic E-state index is 12.3. The second-order valence-electron chi connectivity index (χ2n) is 5.63. The zero-order chi connectivity index (χ0) is 15.2. The Balaban J connectivity index is 1.50. The summed E-state index contributed by atoms with van der Waals surface area (Å²) in [5.41, 5.74) is 1.20. The molecule has 2 aromatic heterocycles. The second-order valence-corrected chi connectivity index (χ2v) is 6.55. The molecule has 1 fully saturated rings. The van der Waals surface area contributed by atoms with Crippen molar-refractivity contribution in [3.05, 3.63) is 47.2 Å². The number of piperidine rings is 1. The summed E-state index contributed by atoms with van der Waals surface area (Å²) in [6.07, 6.45) is 7.49. The molecule has 1 atom stereocenters. The quantitative estimate of drug-likeness (QED) is 0.917. The van der Waals surface area contributed by atoms with Crippen LogP contribution in [0.15, 0.2) is 36.8 Å². The molecule has 6 heteroatoms. The normalized spacial score (nSPS) is 19.0. The number of hydrogen-bond acceptors (Lipinski definition) is 5. The fraction of sp³-hybridized carbons (Fsp3) is 0.438. The molecule has 0 spiro atoms. The highest BCUT2D eigenvalue weighted by molar-refractivity contribution is 7.05. The van der Waals surface area contributed by atoms with E-state index in [9.17, 15) is 4.79 Å². The summed E-state index contributed by atoms with van der Waals surface area (Å²) in [4.78, 5) is 19.9. The molecule has 1 aliphatic rings. The lowest BCUT2D eigenvalue weighted by Gasteiger charge is -2.31. The summed E-state index contributed by atoms with van der Waals surface area (Å²) in [6.45, 7) is 3.33. The van der Waals surface area contributed by atoms with Gasteiger partial charge in [0.2, 0.25) is 5.91 Å². The van der Waals surface area contributed by atoms with Gasteiger partial charge in [-0.2, -0.15) is 0 Å². The van der Waals surface area contributed by atoms with Crippen LogP contribution in [0.3, 0.4) is 0 Å². The molecule has 1 amide bonds. The van der Waals surface area contributed by atoms with E-state index in [2.05, 4.69) is 25.6 Å². The van der Waals surface area contributed by atoms with Crippen molar-refractivity contribution in [2.45, 2.75) is 25.9 Å². The average molecular weight is 316 g/mol. The first-order valence-electron chi connectivity index (χ1n) is 7.60. The molecule has 1 N–H and O–H groups in total. The van der Waals surface area contributed by atoms with Crippen LogP contribution in [0.4, 0.5) is 0 Å². The van der Waals surface area contributed by atoms with Gasteiger partial charge < -0.3 is 5.32 Å². The number of likely N-dealkylation sites (tertiary alicyclic amines) is 1. The summed E-state index contributed by atoms with van der Waals surface area (Å²) in [7, 11) is 0. The van der Waals surface area contributed by atoms with Crippen LogP contribution < -0.4 is 5.32 Å². The number of pyridine rings is 1. The van der Waals surface area contributed by atoms with Crippen molar-refractivity contribution in [1.82, 2.24) is 19.6 Å². The number of carbonyl (C=O) groups excluding carboxylic acids is 1. The van der Waals surface area contributed by atoms with Crippen molar-refractivity contribution < 1.29 is 4.79 Å². The van der Waals surface area contributed by atoms with Gasteiger partial charge in [-0.1, -0.05) is 6.07 Å². The molecule has 3 rings (SSSR count). The molecule has 1 aliphatic heterocycles. The number of rotatable bonds is 5. The SMILES string of the molecule is O=C(NCc1ccns1)C1CCCN(Cc2cccnc2)C1. The molecule has 0 aliphatic carbocycles. The predicted molar refractivity (Wildman–Crippen MR) is 86.2 cm³/mol. The van der Waals surface area contributed by atoms with Crippen LogP contribution in [-0.2, 0) is 17.9 Å². The van der Waals surface area contributed by atoms with Crippen molar-refractivity contribution in [2.75, 3.05) is 13.1 Å². The average Bonchev–Trinajstić information content (AvgIpc) is 3.07. The van der Waals surface area contributed by atoms with E-state index in [0.717, 1.165) is 37.4 Å². The van der Waals surface area contributed by atoms with E-state index in [4.69, 9.17) is 0 Å². The predicted octanol–water partition coefficient (Wildman–Crippen LogP) is 2.07. The topological polar surface area (TPSA) is 58.1 Å². The Bertz CT molecular complexity index is 587. The molecule has 22 heavy (non-hydrogen) atoms. The largest absolute Gasteiger partial charge is 0.351 e. The third-order valence-corrected chi connectivity index (χ3v) is 4.68. The van der Waals surface area contributed by atoms with Crippen LogP contribution in [-0.4, -0.2) is 33.3 Å². The third kappa shape index (κ3) is 4.11. The Kier molecular flexibility index (Phi) is 5.13. The Morgan fingerprint density at radius 3 is 3.14 bits per heavy atom. The lowest BCUT2D eigenvalue weighted by Crippen LogP contribution is -2.42. The minimum Gasteiger partial charge on any atom is -0.351 e. The number of carbonyl (C=O) groups is 1. The van der Waals surface area contributed by atoms with E-state index in [1.54, 1.807) is 12.4 Å². The lowest BCUT2D eigenvalue weighted by atomic mass is 9.97. The van der Waals surface area contributed by atoms with Crippen LogP contribution in [0, 0.1) is 5.92 Å². The summed E-state index contributed by atoms with van der Waals surface area (Å²) in [5.74, 6) is 0.239. The first kappa shape index (κ1) is 15.1. The van der Waals surface area contributed by atoms with E-state index >= 15 is 0 Å². The maximum absolute atomic E-state index is 12.3. The van der Waals surface area contributed by atoms with Crippen molar-refractivity contribution in [3.63, 3.8) is 0 Å².